The maximum atomic E-state index is 14.0. The van der Waals surface area contributed by atoms with Crippen LogP contribution in [0.25, 0.3) is 10.2 Å². The van der Waals surface area contributed by atoms with E-state index in [9.17, 15) is 13.2 Å². The SMILES string of the molecule is COc1ccc(OC)c2sc(N(Cc3cccnc3)C(=O)c3ccc(S(=O)(=O)N(Cc4ccccc4)C(C)C)cc3)nc12. The van der Waals surface area contributed by atoms with Crippen molar-refractivity contribution in [3.8, 4) is 11.5 Å². The molecule has 0 atom stereocenters. The van der Waals surface area contributed by atoms with E-state index in [1.54, 1.807) is 61.8 Å². The van der Waals surface area contributed by atoms with Gasteiger partial charge in [0.05, 0.1) is 25.7 Å². The Morgan fingerprint density at radius 1 is 0.860 bits per heavy atom. The lowest BCUT2D eigenvalue weighted by atomic mass is 10.2. The molecule has 43 heavy (non-hydrogen) atoms. The maximum absolute atomic E-state index is 14.0. The predicted molar refractivity (Wildman–Crippen MR) is 168 cm³/mol. The Hall–Kier alpha value is -4.32. The van der Waals surface area contributed by atoms with Crippen LogP contribution in [0, 0.1) is 0 Å². The lowest BCUT2D eigenvalue weighted by molar-refractivity contribution is 0.0985. The summed E-state index contributed by atoms with van der Waals surface area (Å²) in [6.45, 7) is 4.13. The third-order valence-corrected chi connectivity index (χ3v) is 10.0. The maximum Gasteiger partial charge on any atom is 0.260 e. The van der Waals surface area contributed by atoms with E-state index < -0.39 is 10.0 Å². The van der Waals surface area contributed by atoms with Gasteiger partial charge in [0.15, 0.2) is 5.13 Å². The van der Waals surface area contributed by atoms with Gasteiger partial charge >= 0.3 is 0 Å². The fourth-order valence-electron chi connectivity index (χ4n) is 4.66. The number of rotatable bonds is 11. The molecule has 0 spiro atoms. The van der Waals surface area contributed by atoms with Gasteiger partial charge in [-0.25, -0.2) is 13.4 Å². The minimum atomic E-state index is -3.83. The number of thiazole rings is 1. The van der Waals surface area contributed by atoms with E-state index in [4.69, 9.17) is 14.5 Å². The van der Waals surface area contributed by atoms with Gasteiger partial charge in [0, 0.05) is 30.5 Å². The minimum absolute atomic E-state index is 0.113. The fraction of sp³-hybridized carbons (Fsp3) is 0.219. The van der Waals surface area contributed by atoms with Crippen molar-refractivity contribution in [2.45, 2.75) is 37.9 Å². The number of hydrogen-bond acceptors (Lipinski definition) is 8. The van der Waals surface area contributed by atoms with Crippen molar-refractivity contribution in [3.05, 3.63) is 108 Å². The van der Waals surface area contributed by atoms with Crippen LogP contribution in [0.1, 0.15) is 35.3 Å². The Bertz CT molecular complexity index is 1770. The average Bonchev–Trinajstić information content (AvgIpc) is 3.48. The first-order valence-electron chi connectivity index (χ1n) is 13.6. The molecule has 0 fully saturated rings. The third-order valence-electron chi connectivity index (χ3n) is 6.90. The highest BCUT2D eigenvalue weighted by Crippen LogP contribution is 2.40. The molecule has 2 heterocycles. The number of nitrogens with zero attached hydrogens (tertiary/aromatic N) is 4. The molecule has 2 aromatic heterocycles. The van der Waals surface area contributed by atoms with Crippen molar-refractivity contribution >= 4 is 42.6 Å². The molecule has 0 aliphatic heterocycles. The summed E-state index contributed by atoms with van der Waals surface area (Å²) in [6, 6.07) is 22.5. The van der Waals surface area contributed by atoms with Crippen LogP contribution in [0.4, 0.5) is 5.13 Å². The van der Waals surface area contributed by atoms with Gasteiger partial charge in [-0.3, -0.25) is 14.7 Å². The normalized spacial score (nSPS) is 11.7. The molecule has 0 aliphatic carbocycles. The van der Waals surface area contributed by atoms with Crippen LogP contribution in [-0.2, 0) is 23.1 Å². The molecule has 3 aromatic carbocycles. The van der Waals surface area contributed by atoms with Crippen molar-refractivity contribution in [2.75, 3.05) is 19.1 Å². The monoisotopic (exact) mass is 616 g/mol. The fourth-order valence-corrected chi connectivity index (χ4v) is 7.36. The Labute approximate surface area is 255 Å². The number of fused-ring (bicyclic) bond motifs is 1. The van der Waals surface area contributed by atoms with E-state index in [0.717, 1.165) is 15.8 Å². The zero-order valence-corrected chi connectivity index (χ0v) is 25.9. The quantitative estimate of drug-likeness (QED) is 0.175. The second-order valence-electron chi connectivity index (χ2n) is 10.1. The molecule has 0 aliphatic rings. The molecule has 1 amide bonds. The number of aromatic nitrogens is 2. The van der Waals surface area contributed by atoms with E-state index in [-0.39, 0.29) is 29.9 Å². The number of ether oxygens (including phenoxy) is 2. The Morgan fingerprint density at radius 3 is 2.16 bits per heavy atom. The molecule has 5 rings (SSSR count). The summed E-state index contributed by atoms with van der Waals surface area (Å²) in [5.74, 6) is 0.842. The first-order chi connectivity index (χ1) is 20.7. The smallest absolute Gasteiger partial charge is 0.260 e. The lowest BCUT2D eigenvalue weighted by Gasteiger charge is -2.26. The van der Waals surface area contributed by atoms with Gasteiger partial charge in [0.1, 0.15) is 21.7 Å². The van der Waals surface area contributed by atoms with Crippen LogP contribution in [0.5, 0.6) is 11.5 Å². The van der Waals surface area contributed by atoms with Crippen LogP contribution in [0.15, 0.2) is 96.2 Å². The van der Waals surface area contributed by atoms with E-state index in [1.165, 1.54) is 27.8 Å². The van der Waals surface area contributed by atoms with Gasteiger partial charge in [-0.2, -0.15) is 4.31 Å². The molecule has 5 aromatic rings. The largest absolute Gasteiger partial charge is 0.495 e. The number of methoxy groups -OCH3 is 2. The molecule has 0 saturated carbocycles. The van der Waals surface area contributed by atoms with Gasteiger partial charge in [0.2, 0.25) is 10.0 Å². The van der Waals surface area contributed by atoms with Crippen molar-refractivity contribution in [1.29, 1.82) is 0 Å². The number of amides is 1. The number of carbonyl (C=O) groups is 1. The molecule has 0 unspecified atom stereocenters. The molecular formula is C32H32N4O5S2. The summed E-state index contributed by atoms with van der Waals surface area (Å²) in [6.07, 6.45) is 3.36. The standard InChI is InChI=1S/C32H32N4O5S2/c1-22(2)36(21-23-9-6-5-7-10-23)43(38,39)26-14-12-25(13-15-26)31(37)35(20-24-11-8-18-33-19-24)32-34-29-27(40-3)16-17-28(41-4)30(29)42-32/h5-19,22H,20-21H2,1-4H3. The van der Waals surface area contributed by atoms with Gasteiger partial charge in [-0.1, -0.05) is 47.7 Å². The highest BCUT2D eigenvalue weighted by atomic mass is 32.2. The molecule has 222 valence electrons. The second-order valence-corrected chi connectivity index (χ2v) is 12.9. The average molecular weight is 617 g/mol. The second kappa shape index (κ2) is 12.9. The Morgan fingerprint density at radius 2 is 1.53 bits per heavy atom. The topological polar surface area (TPSA) is 102 Å². The van der Waals surface area contributed by atoms with Crippen molar-refractivity contribution in [1.82, 2.24) is 14.3 Å². The molecule has 9 nitrogen and oxygen atoms in total. The molecule has 0 radical (unpaired) electrons. The number of benzene rings is 3. The highest BCUT2D eigenvalue weighted by molar-refractivity contribution is 7.89. The van der Waals surface area contributed by atoms with Gasteiger partial charge < -0.3 is 9.47 Å². The Kier molecular flexibility index (Phi) is 9.05. The lowest BCUT2D eigenvalue weighted by Crippen LogP contribution is -2.36. The summed E-state index contributed by atoms with van der Waals surface area (Å²) < 4.78 is 40.6. The van der Waals surface area contributed by atoms with Crippen LogP contribution >= 0.6 is 11.3 Å². The number of sulfonamides is 1. The van der Waals surface area contributed by atoms with E-state index in [0.29, 0.717) is 27.7 Å². The summed E-state index contributed by atoms with van der Waals surface area (Å²) >= 11 is 1.31. The number of carbonyl (C=O) groups excluding carboxylic acids is 1. The van der Waals surface area contributed by atoms with E-state index in [2.05, 4.69) is 4.98 Å². The zero-order chi connectivity index (χ0) is 30.6. The molecule has 0 bridgehead atoms. The van der Waals surface area contributed by atoms with Crippen LogP contribution < -0.4 is 14.4 Å². The van der Waals surface area contributed by atoms with Crippen LogP contribution in [0.2, 0.25) is 0 Å². The first kappa shape index (κ1) is 30.1. The number of anilines is 1. The number of hydrogen-bond donors (Lipinski definition) is 0. The molecule has 0 saturated heterocycles. The Balaban J connectivity index is 1.50. The summed E-state index contributed by atoms with van der Waals surface area (Å²) in [7, 11) is -0.690. The predicted octanol–water partition coefficient (Wildman–Crippen LogP) is 6.15. The summed E-state index contributed by atoms with van der Waals surface area (Å²) in [5.41, 5.74) is 2.60. The van der Waals surface area contributed by atoms with Crippen molar-refractivity contribution < 1.29 is 22.7 Å². The van der Waals surface area contributed by atoms with Crippen LogP contribution in [0.3, 0.4) is 0 Å². The summed E-state index contributed by atoms with van der Waals surface area (Å²) in [4.78, 5) is 24.7. The van der Waals surface area contributed by atoms with Gasteiger partial charge in [0.25, 0.3) is 5.91 Å². The van der Waals surface area contributed by atoms with Gasteiger partial charge in [-0.15, -0.1) is 0 Å². The number of pyridine rings is 1. The first-order valence-corrected chi connectivity index (χ1v) is 15.9. The third kappa shape index (κ3) is 6.38. The minimum Gasteiger partial charge on any atom is -0.495 e. The zero-order valence-electron chi connectivity index (χ0n) is 24.3. The van der Waals surface area contributed by atoms with Crippen molar-refractivity contribution in [2.24, 2.45) is 0 Å². The highest BCUT2D eigenvalue weighted by Gasteiger charge is 2.29. The van der Waals surface area contributed by atoms with Gasteiger partial charge in [-0.05, 0) is 67.4 Å². The summed E-state index contributed by atoms with van der Waals surface area (Å²) in [5, 5.41) is 0.442. The van der Waals surface area contributed by atoms with Crippen molar-refractivity contribution in [3.63, 3.8) is 0 Å². The molecular weight excluding hydrogens is 585 g/mol. The van der Waals surface area contributed by atoms with Crippen LogP contribution in [-0.4, -0.2) is 48.9 Å². The van der Waals surface area contributed by atoms with E-state index >= 15 is 0 Å². The molecule has 11 heteroatoms. The molecule has 0 N–H and O–H groups in total. The van der Waals surface area contributed by atoms with E-state index in [1.807, 2.05) is 50.2 Å².